The van der Waals surface area contributed by atoms with Gasteiger partial charge >= 0.3 is 0 Å². The lowest BCUT2D eigenvalue weighted by molar-refractivity contribution is 0.122. The molecule has 2 aromatic heterocycles. The summed E-state index contributed by atoms with van der Waals surface area (Å²) in [6.45, 7) is 6.82. The predicted molar refractivity (Wildman–Crippen MR) is 106 cm³/mol. The Bertz CT molecular complexity index is 726. The number of anilines is 1. The largest absolute Gasteiger partial charge is 0.378 e. The van der Waals surface area contributed by atoms with Crippen LogP contribution in [0.3, 0.4) is 0 Å². The van der Waals surface area contributed by atoms with Crippen LogP contribution in [0.1, 0.15) is 15.4 Å². The summed E-state index contributed by atoms with van der Waals surface area (Å²) < 4.78 is 5.44. The van der Waals surface area contributed by atoms with Crippen LogP contribution in [0.25, 0.3) is 0 Å². The number of aromatic nitrogens is 2. The van der Waals surface area contributed by atoms with Crippen molar-refractivity contribution < 1.29 is 4.74 Å². The van der Waals surface area contributed by atoms with E-state index in [9.17, 15) is 0 Å². The van der Waals surface area contributed by atoms with Gasteiger partial charge in [0, 0.05) is 62.5 Å². The molecule has 0 aromatic carbocycles. The number of nitrogens with one attached hydrogen (secondary N) is 2. The van der Waals surface area contributed by atoms with Crippen LogP contribution in [0.5, 0.6) is 0 Å². The molecule has 0 amide bonds. The summed E-state index contributed by atoms with van der Waals surface area (Å²) in [5.74, 6) is 1.81. The fourth-order valence-corrected chi connectivity index (χ4v) is 3.62. The van der Waals surface area contributed by atoms with Crippen LogP contribution in [-0.2, 0) is 17.7 Å². The van der Waals surface area contributed by atoms with E-state index in [0.29, 0.717) is 6.54 Å². The summed E-state index contributed by atoms with van der Waals surface area (Å²) in [7, 11) is 1.79. The number of pyridine rings is 1. The number of aryl methyl sites for hydroxylation is 1. The predicted octanol–water partition coefficient (Wildman–Crippen LogP) is 1.59. The third kappa shape index (κ3) is 5.15. The van der Waals surface area contributed by atoms with Crippen molar-refractivity contribution in [3.8, 4) is 0 Å². The number of morpholine rings is 1. The highest BCUT2D eigenvalue weighted by Crippen LogP contribution is 2.18. The number of nitrogens with zero attached hydrogens (tertiary/aromatic N) is 4. The van der Waals surface area contributed by atoms with E-state index in [1.54, 1.807) is 18.4 Å². The zero-order chi connectivity index (χ0) is 18.2. The molecule has 1 aliphatic heterocycles. The quantitative estimate of drug-likeness (QED) is 0.591. The topological polar surface area (TPSA) is 74.7 Å². The molecule has 2 N–H and O–H groups in total. The third-order valence-electron chi connectivity index (χ3n) is 4.15. The molecular formula is C18H26N6OS. The monoisotopic (exact) mass is 374 g/mol. The van der Waals surface area contributed by atoms with Gasteiger partial charge < -0.3 is 20.3 Å². The van der Waals surface area contributed by atoms with Crippen molar-refractivity contribution >= 4 is 23.1 Å². The van der Waals surface area contributed by atoms with E-state index < -0.39 is 0 Å². The summed E-state index contributed by atoms with van der Waals surface area (Å²) in [6, 6.07) is 4.08. The van der Waals surface area contributed by atoms with Gasteiger partial charge in [0.15, 0.2) is 5.96 Å². The number of hydrogen-bond donors (Lipinski definition) is 2. The standard InChI is InChI=1S/C18H26N6OS/c1-14-12-22-16(26-14)5-7-21-18(19-2)23-13-15-4-3-6-20-17(15)24-8-10-25-11-9-24/h3-4,6,12H,5,7-11,13H2,1-2H3,(H2,19,21,23). The Morgan fingerprint density at radius 2 is 2.15 bits per heavy atom. The first kappa shape index (κ1) is 18.6. The van der Waals surface area contributed by atoms with E-state index in [1.165, 1.54) is 4.88 Å². The lowest BCUT2D eigenvalue weighted by Gasteiger charge is -2.29. The number of rotatable bonds is 6. The molecule has 3 heterocycles. The van der Waals surface area contributed by atoms with Gasteiger partial charge in [-0.15, -0.1) is 11.3 Å². The first-order valence-corrected chi connectivity index (χ1v) is 9.70. The molecule has 0 atom stereocenters. The molecule has 1 fully saturated rings. The highest BCUT2D eigenvalue weighted by molar-refractivity contribution is 7.11. The zero-order valence-electron chi connectivity index (χ0n) is 15.4. The average Bonchev–Trinajstić information content (AvgIpc) is 3.10. The highest BCUT2D eigenvalue weighted by Gasteiger charge is 2.15. The van der Waals surface area contributed by atoms with Gasteiger partial charge in [-0.2, -0.15) is 0 Å². The number of aliphatic imine (C=N–C) groups is 1. The van der Waals surface area contributed by atoms with Crippen LogP contribution in [0, 0.1) is 6.92 Å². The Balaban J connectivity index is 1.52. The Kier molecular flexibility index (Phi) is 6.79. The molecule has 0 saturated carbocycles. The van der Waals surface area contributed by atoms with Crippen molar-refractivity contribution in [2.45, 2.75) is 19.9 Å². The van der Waals surface area contributed by atoms with Crippen molar-refractivity contribution in [3.63, 3.8) is 0 Å². The maximum atomic E-state index is 5.44. The average molecular weight is 375 g/mol. The lowest BCUT2D eigenvalue weighted by atomic mass is 10.2. The maximum Gasteiger partial charge on any atom is 0.191 e. The van der Waals surface area contributed by atoms with Crippen molar-refractivity contribution in [3.05, 3.63) is 40.0 Å². The molecule has 1 saturated heterocycles. The molecule has 140 valence electrons. The van der Waals surface area contributed by atoms with Gasteiger partial charge in [0.1, 0.15) is 5.82 Å². The van der Waals surface area contributed by atoms with E-state index in [4.69, 9.17) is 4.74 Å². The molecule has 2 aromatic rings. The number of thiazole rings is 1. The second-order valence-corrected chi connectivity index (χ2v) is 7.37. The maximum absolute atomic E-state index is 5.44. The van der Waals surface area contributed by atoms with Gasteiger partial charge in [-0.3, -0.25) is 4.99 Å². The fourth-order valence-electron chi connectivity index (χ4n) is 2.83. The van der Waals surface area contributed by atoms with Gasteiger partial charge in [0.05, 0.1) is 18.2 Å². The third-order valence-corrected chi connectivity index (χ3v) is 5.12. The van der Waals surface area contributed by atoms with Crippen molar-refractivity contribution in [1.29, 1.82) is 0 Å². The molecule has 3 rings (SSSR count). The zero-order valence-corrected chi connectivity index (χ0v) is 16.2. The molecule has 26 heavy (non-hydrogen) atoms. The van der Waals surface area contributed by atoms with Crippen LogP contribution in [0.15, 0.2) is 29.5 Å². The SMILES string of the molecule is CN=C(NCCc1ncc(C)s1)NCc1cccnc1N1CCOCC1. The van der Waals surface area contributed by atoms with Gasteiger partial charge in [0.25, 0.3) is 0 Å². The number of ether oxygens (including phenoxy) is 1. The highest BCUT2D eigenvalue weighted by atomic mass is 32.1. The van der Waals surface area contributed by atoms with Gasteiger partial charge in [-0.25, -0.2) is 9.97 Å². The Morgan fingerprint density at radius 3 is 2.88 bits per heavy atom. The summed E-state index contributed by atoms with van der Waals surface area (Å²) in [5, 5.41) is 7.87. The van der Waals surface area contributed by atoms with Gasteiger partial charge in [-0.1, -0.05) is 6.07 Å². The van der Waals surface area contributed by atoms with E-state index in [2.05, 4.69) is 43.5 Å². The van der Waals surface area contributed by atoms with Gasteiger partial charge in [-0.05, 0) is 13.0 Å². The van der Waals surface area contributed by atoms with Crippen molar-refractivity contribution in [2.24, 2.45) is 4.99 Å². The summed E-state index contributed by atoms with van der Waals surface area (Å²) in [5.41, 5.74) is 1.16. The minimum atomic E-state index is 0.677. The van der Waals surface area contributed by atoms with E-state index in [0.717, 1.165) is 61.6 Å². The summed E-state index contributed by atoms with van der Waals surface area (Å²) in [6.07, 6.45) is 4.66. The lowest BCUT2D eigenvalue weighted by Crippen LogP contribution is -2.40. The van der Waals surface area contributed by atoms with Gasteiger partial charge in [0.2, 0.25) is 0 Å². The molecular weight excluding hydrogens is 348 g/mol. The first-order valence-electron chi connectivity index (χ1n) is 8.88. The molecule has 0 unspecified atom stereocenters. The van der Waals surface area contributed by atoms with Crippen LogP contribution in [0.2, 0.25) is 0 Å². The minimum absolute atomic E-state index is 0.677. The summed E-state index contributed by atoms with van der Waals surface area (Å²) in [4.78, 5) is 16.8. The van der Waals surface area contributed by atoms with Crippen LogP contribution >= 0.6 is 11.3 Å². The van der Waals surface area contributed by atoms with Crippen LogP contribution in [-0.4, -0.2) is 55.8 Å². The van der Waals surface area contributed by atoms with E-state index in [1.807, 2.05) is 18.5 Å². The van der Waals surface area contributed by atoms with Crippen LogP contribution < -0.4 is 15.5 Å². The number of hydrogen-bond acceptors (Lipinski definition) is 6. The molecule has 0 bridgehead atoms. The van der Waals surface area contributed by atoms with Crippen molar-refractivity contribution in [2.75, 3.05) is 44.8 Å². The Hall–Kier alpha value is -2.19. The smallest absolute Gasteiger partial charge is 0.191 e. The first-order chi connectivity index (χ1) is 12.8. The van der Waals surface area contributed by atoms with Crippen LogP contribution in [0.4, 0.5) is 5.82 Å². The molecule has 0 radical (unpaired) electrons. The molecule has 8 heteroatoms. The molecule has 0 spiro atoms. The Labute approximate surface area is 158 Å². The second-order valence-electron chi connectivity index (χ2n) is 6.05. The number of guanidine groups is 1. The fraction of sp³-hybridized carbons (Fsp3) is 0.500. The second kappa shape index (κ2) is 9.49. The molecule has 7 nitrogen and oxygen atoms in total. The Morgan fingerprint density at radius 1 is 1.31 bits per heavy atom. The summed E-state index contributed by atoms with van der Waals surface area (Å²) >= 11 is 1.74. The van der Waals surface area contributed by atoms with E-state index >= 15 is 0 Å². The van der Waals surface area contributed by atoms with E-state index in [-0.39, 0.29) is 0 Å². The molecule has 0 aliphatic carbocycles. The molecule has 1 aliphatic rings. The van der Waals surface area contributed by atoms with Crippen molar-refractivity contribution in [1.82, 2.24) is 20.6 Å². The minimum Gasteiger partial charge on any atom is -0.378 e. The normalized spacial score (nSPS) is 15.2.